The molecule has 0 aliphatic carbocycles. The van der Waals surface area contributed by atoms with Crippen LogP contribution in [0, 0.1) is 11.6 Å². The van der Waals surface area contributed by atoms with E-state index in [9.17, 15) is 13.2 Å². The highest BCUT2D eigenvalue weighted by Crippen LogP contribution is 2.31. The van der Waals surface area contributed by atoms with Crippen LogP contribution in [0.1, 0.15) is 11.4 Å². The van der Waals surface area contributed by atoms with Gasteiger partial charge in [-0.05, 0) is 30.0 Å². The van der Waals surface area contributed by atoms with Gasteiger partial charge in [0.25, 0.3) is 0 Å². The minimum absolute atomic E-state index is 0.0705. The van der Waals surface area contributed by atoms with Crippen LogP contribution in [0.2, 0.25) is 0 Å². The molecule has 0 spiro atoms. The van der Waals surface area contributed by atoms with E-state index in [-0.39, 0.29) is 4.64 Å². The van der Waals surface area contributed by atoms with Crippen LogP contribution in [0.3, 0.4) is 0 Å². The van der Waals surface area contributed by atoms with Gasteiger partial charge in [-0.1, -0.05) is 12.2 Å². The third-order valence-corrected chi connectivity index (χ3v) is 3.38. The molecule has 0 saturated heterocycles. The maximum atomic E-state index is 12.6. The Labute approximate surface area is 104 Å². The van der Waals surface area contributed by atoms with Crippen molar-refractivity contribution >= 4 is 23.6 Å². The molecule has 0 aliphatic rings. The number of hydrogen-bond donors (Lipinski definition) is 1. The average Bonchev–Trinajstić information content (AvgIpc) is 2.62. The zero-order chi connectivity index (χ0) is 12.6. The maximum Gasteiger partial charge on any atom is 0.449 e. The van der Waals surface area contributed by atoms with Gasteiger partial charge in [-0.15, -0.1) is 11.3 Å². The van der Waals surface area contributed by atoms with Gasteiger partial charge in [0, 0.05) is 0 Å². The molecule has 0 aromatic carbocycles. The van der Waals surface area contributed by atoms with Crippen LogP contribution in [0.5, 0.6) is 0 Å². The van der Waals surface area contributed by atoms with E-state index in [0.717, 1.165) is 10.4 Å². The zero-order valence-electron chi connectivity index (χ0n) is 8.63. The summed E-state index contributed by atoms with van der Waals surface area (Å²) in [6.45, 7) is 1.83. The Kier molecular flexibility index (Phi) is 3.05. The molecule has 0 amide bonds. The number of hydrogen-bond acceptors (Lipinski definition) is 3. The van der Waals surface area contributed by atoms with Gasteiger partial charge in [0.15, 0.2) is 0 Å². The third-order valence-electron chi connectivity index (χ3n) is 2.12. The van der Waals surface area contributed by atoms with Crippen molar-refractivity contribution in [2.24, 2.45) is 0 Å². The lowest BCUT2D eigenvalue weighted by Crippen LogP contribution is -2.11. The summed E-state index contributed by atoms with van der Waals surface area (Å²) in [4.78, 5) is 6.30. The Morgan fingerprint density at radius 2 is 2.12 bits per heavy atom. The van der Waals surface area contributed by atoms with E-state index < -0.39 is 12.0 Å². The van der Waals surface area contributed by atoms with Crippen LogP contribution in [0.15, 0.2) is 17.5 Å². The molecule has 0 atom stereocenters. The standard InChI is InChI=1S/C10H7F3N2S2/c1-5-2-3-17-8(5)6-4-7(16)15-9(14-6)10(11,12)13/h2-4H,1H3,(H,14,15,16). The largest absolute Gasteiger partial charge is 0.449 e. The summed E-state index contributed by atoms with van der Waals surface area (Å²) in [5, 5.41) is 1.81. The van der Waals surface area contributed by atoms with Gasteiger partial charge >= 0.3 is 6.18 Å². The molecule has 0 bridgehead atoms. The van der Waals surface area contributed by atoms with Crippen LogP contribution in [-0.4, -0.2) is 9.97 Å². The van der Waals surface area contributed by atoms with E-state index in [0.29, 0.717) is 5.69 Å². The SMILES string of the molecule is Cc1ccsc1-c1cc(=S)nc(C(F)(F)F)[nH]1. The number of alkyl halides is 3. The van der Waals surface area contributed by atoms with E-state index in [1.807, 2.05) is 18.4 Å². The quantitative estimate of drug-likeness (QED) is 0.791. The molecular weight excluding hydrogens is 269 g/mol. The number of rotatable bonds is 1. The molecule has 1 N–H and O–H groups in total. The summed E-state index contributed by atoms with van der Waals surface area (Å²) < 4.78 is 37.6. The first kappa shape index (κ1) is 12.3. The smallest absolute Gasteiger partial charge is 0.335 e. The van der Waals surface area contributed by atoms with Gasteiger partial charge in [0.05, 0.1) is 10.6 Å². The van der Waals surface area contributed by atoms with Crippen molar-refractivity contribution in [2.45, 2.75) is 13.1 Å². The molecule has 0 saturated carbocycles. The Morgan fingerprint density at radius 1 is 1.41 bits per heavy atom. The van der Waals surface area contributed by atoms with E-state index in [1.165, 1.54) is 17.4 Å². The molecule has 0 fully saturated rings. The first-order valence-electron chi connectivity index (χ1n) is 4.61. The van der Waals surface area contributed by atoms with E-state index in [1.54, 1.807) is 0 Å². The molecule has 90 valence electrons. The van der Waals surface area contributed by atoms with Crippen LogP contribution >= 0.6 is 23.6 Å². The molecule has 2 heterocycles. The topological polar surface area (TPSA) is 28.7 Å². The lowest BCUT2D eigenvalue weighted by molar-refractivity contribution is -0.144. The van der Waals surface area contributed by atoms with Crippen LogP contribution < -0.4 is 0 Å². The normalized spacial score (nSPS) is 11.8. The maximum absolute atomic E-state index is 12.6. The van der Waals surface area contributed by atoms with Gasteiger partial charge in [0.1, 0.15) is 4.64 Å². The van der Waals surface area contributed by atoms with Gasteiger partial charge < -0.3 is 4.98 Å². The molecule has 0 unspecified atom stereocenters. The lowest BCUT2D eigenvalue weighted by Gasteiger charge is -2.08. The fourth-order valence-electron chi connectivity index (χ4n) is 1.36. The molecule has 0 aliphatic heterocycles. The van der Waals surface area contributed by atoms with Crippen LogP contribution in [0.4, 0.5) is 13.2 Å². The summed E-state index contributed by atoms with van der Waals surface area (Å²) in [6, 6.07) is 3.27. The summed E-state index contributed by atoms with van der Waals surface area (Å²) in [6.07, 6.45) is -4.52. The van der Waals surface area contributed by atoms with Crippen molar-refractivity contribution < 1.29 is 13.2 Å². The third kappa shape index (κ3) is 2.55. The Morgan fingerprint density at radius 3 is 2.65 bits per heavy atom. The van der Waals surface area contributed by atoms with Gasteiger partial charge in [-0.2, -0.15) is 13.2 Å². The van der Waals surface area contributed by atoms with Crippen molar-refractivity contribution in [1.29, 1.82) is 0 Å². The highest BCUT2D eigenvalue weighted by Gasteiger charge is 2.34. The summed E-state index contributed by atoms with van der Waals surface area (Å²) in [5.41, 5.74) is 1.25. The second kappa shape index (κ2) is 4.23. The van der Waals surface area contributed by atoms with E-state index >= 15 is 0 Å². The summed E-state index contributed by atoms with van der Waals surface area (Å²) in [7, 11) is 0. The van der Waals surface area contributed by atoms with Gasteiger partial charge in [-0.25, -0.2) is 4.98 Å². The minimum Gasteiger partial charge on any atom is -0.335 e. The number of halogens is 3. The summed E-state index contributed by atoms with van der Waals surface area (Å²) >= 11 is 6.10. The van der Waals surface area contributed by atoms with Crippen LogP contribution in [0.25, 0.3) is 10.6 Å². The molecule has 17 heavy (non-hydrogen) atoms. The first-order chi connectivity index (χ1) is 7.88. The predicted octanol–water partition coefficient (Wildman–Crippen LogP) is 4.19. The fraction of sp³-hybridized carbons (Fsp3) is 0.200. The highest BCUT2D eigenvalue weighted by molar-refractivity contribution is 7.71. The molecule has 2 aromatic heterocycles. The number of aryl methyl sites for hydroxylation is 1. The monoisotopic (exact) mass is 276 g/mol. The molecular formula is C10H7F3N2S2. The van der Waals surface area contributed by atoms with Crippen molar-refractivity contribution in [3.63, 3.8) is 0 Å². The van der Waals surface area contributed by atoms with E-state index in [2.05, 4.69) is 9.97 Å². The summed E-state index contributed by atoms with van der Waals surface area (Å²) in [5.74, 6) is -1.06. The number of H-pyrrole nitrogens is 1. The number of nitrogens with one attached hydrogen (secondary N) is 1. The predicted molar refractivity (Wildman–Crippen MR) is 62.5 cm³/mol. The Hall–Kier alpha value is -1.21. The number of aromatic amines is 1. The average molecular weight is 276 g/mol. The van der Waals surface area contributed by atoms with E-state index in [4.69, 9.17) is 12.2 Å². The van der Waals surface area contributed by atoms with Gasteiger partial charge in [-0.3, -0.25) is 0 Å². The zero-order valence-corrected chi connectivity index (χ0v) is 10.3. The first-order valence-corrected chi connectivity index (χ1v) is 5.90. The van der Waals surface area contributed by atoms with Crippen molar-refractivity contribution in [2.75, 3.05) is 0 Å². The fourth-order valence-corrected chi connectivity index (χ4v) is 2.47. The number of aromatic nitrogens is 2. The molecule has 2 aromatic rings. The molecule has 7 heteroatoms. The second-order valence-corrected chi connectivity index (χ2v) is 4.75. The highest BCUT2D eigenvalue weighted by atomic mass is 32.1. The Bertz CT molecular complexity index is 598. The number of thiophene rings is 1. The van der Waals surface area contributed by atoms with Gasteiger partial charge in [0.2, 0.25) is 5.82 Å². The lowest BCUT2D eigenvalue weighted by atomic mass is 10.2. The minimum atomic E-state index is -4.52. The van der Waals surface area contributed by atoms with Crippen LogP contribution in [-0.2, 0) is 6.18 Å². The molecule has 2 nitrogen and oxygen atoms in total. The Balaban J connectivity index is 2.61. The molecule has 2 rings (SSSR count). The van der Waals surface area contributed by atoms with Crippen molar-refractivity contribution in [3.05, 3.63) is 33.5 Å². The van der Waals surface area contributed by atoms with Crippen molar-refractivity contribution in [1.82, 2.24) is 9.97 Å². The second-order valence-electron chi connectivity index (χ2n) is 3.41. The molecule has 0 radical (unpaired) electrons. The number of nitrogens with zero attached hydrogens (tertiary/aromatic N) is 1. The van der Waals surface area contributed by atoms with Crippen molar-refractivity contribution in [3.8, 4) is 10.6 Å².